The van der Waals surface area contributed by atoms with Crippen molar-refractivity contribution in [1.29, 1.82) is 0 Å². The normalized spacial score (nSPS) is 10.7. The summed E-state index contributed by atoms with van der Waals surface area (Å²) < 4.78 is 18.3. The summed E-state index contributed by atoms with van der Waals surface area (Å²) in [6, 6.07) is 6.65. The van der Waals surface area contributed by atoms with E-state index in [4.69, 9.17) is 4.74 Å². The second-order valence-corrected chi connectivity index (χ2v) is 4.54. The molecular weight excluding hydrogens is 414 g/mol. The van der Waals surface area contributed by atoms with Crippen molar-refractivity contribution < 1.29 is 13.9 Å². The van der Waals surface area contributed by atoms with E-state index in [-0.39, 0.29) is 42.2 Å². The summed E-state index contributed by atoms with van der Waals surface area (Å²) in [5.41, 5.74) is 0.641. The number of halogens is 2. The fraction of sp³-hybridized carbons (Fsp3) is 0.467. The average molecular weight is 438 g/mol. The van der Waals surface area contributed by atoms with Crippen LogP contribution >= 0.6 is 24.0 Å². The molecule has 0 saturated heterocycles. The first-order valence-electron chi connectivity index (χ1n) is 7.11. The van der Waals surface area contributed by atoms with Crippen molar-refractivity contribution in [2.75, 3.05) is 40.4 Å². The van der Waals surface area contributed by atoms with Gasteiger partial charge in [0.05, 0.1) is 13.2 Å². The zero-order valence-corrected chi connectivity index (χ0v) is 15.7. The maximum Gasteiger partial charge on any atom is 0.239 e. The van der Waals surface area contributed by atoms with Crippen LogP contribution in [0.25, 0.3) is 0 Å². The van der Waals surface area contributed by atoms with Crippen LogP contribution in [0.1, 0.15) is 5.56 Å². The summed E-state index contributed by atoms with van der Waals surface area (Å²) in [6.07, 6.45) is 0.535. The number of hydrogen-bond acceptors (Lipinski definition) is 3. The second kappa shape index (κ2) is 13.1. The first kappa shape index (κ1) is 21.6. The second-order valence-electron chi connectivity index (χ2n) is 4.54. The molecule has 0 aromatic heterocycles. The predicted molar refractivity (Wildman–Crippen MR) is 99.8 cm³/mol. The fourth-order valence-corrected chi connectivity index (χ4v) is 1.76. The number of methoxy groups -OCH3 is 1. The molecule has 3 N–H and O–H groups in total. The van der Waals surface area contributed by atoms with Crippen LogP contribution in [0.2, 0.25) is 0 Å². The van der Waals surface area contributed by atoms with Crippen LogP contribution in [-0.2, 0) is 16.0 Å². The van der Waals surface area contributed by atoms with E-state index in [2.05, 4.69) is 20.9 Å². The van der Waals surface area contributed by atoms with Gasteiger partial charge in [0.1, 0.15) is 5.82 Å². The van der Waals surface area contributed by atoms with Crippen LogP contribution in [0, 0.1) is 5.82 Å². The van der Waals surface area contributed by atoms with Crippen molar-refractivity contribution in [1.82, 2.24) is 16.0 Å². The van der Waals surface area contributed by atoms with E-state index in [1.54, 1.807) is 32.4 Å². The quantitative estimate of drug-likeness (QED) is 0.244. The minimum atomic E-state index is -0.218. The molecule has 0 unspecified atom stereocenters. The molecule has 0 saturated carbocycles. The summed E-state index contributed by atoms with van der Waals surface area (Å²) in [7, 11) is 3.19. The number of carbonyl (C=O) groups excluding carboxylic acids is 1. The zero-order valence-electron chi connectivity index (χ0n) is 13.4. The third-order valence-corrected chi connectivity index (χ3v) is 2.91. The number of aliphatic imine (C=N–C) groups is 1. The van der Waals surface area contributed by atoms with Gasteiger partial charge in [-0.1, -0.05) is 18.2 Å². The number of benzene rings is 1. The standard InChI is InChI=1S/C15H23FN4O2.HI/c1-17-15(20-11-14(21)18-9-10-22-2)19-8-7-12-5-3-4-6-13(12)16;/h3-6H,7-11H2,1-2H3,(H,18,21)(H2,17,19,20);1H. The first-order chi connectivity index (χ1) is 10.7. The summed E-state index contributed by atoms with van der Waals surface area (Å²) in [5, 5.41) is 8.62. The van der Waals surface area contributed by atoms with Gasteiger partial charge in [-0.2, -0.15) is 0 Å². The van der Waals surface area contributed by atoms with Gasteiger partial charge in [-0.05, 0) is 18.1 Å². The Balaban J connectivity index is 0.00000484. The molecule has 0 radical (unpaired) electrons. The van der Waals surface area contributed by atoms with Crippen molar-refractivity contribution >= 4 is 35.8 Å². The molecule has 0 fully saturated rings. The van der Waals surface area contributed by atoms with E-state index in [0.717, 1.165) is 0 Å². The van der Waals surface area contributed by atoms with Gasteiger partial charge in [0.15, 0.2) is 5.96 Å². The van der Waals surface area contributed by atoms with E-state index in [9.17, 15) is 9.18 Å². The smallest absolute Gasteiger partial charge is 0.239 e. The Morgan fingerprint density at radius 3 is 2.61 bits per heavy atom. The highest BCUT2D eigenvalue weighted by atomic mass is 127. The Hall–Kier alpha value is -1.42. The van der Waals surface area contributed by atoms with E-state index < -0.39 is 0 Å². The molecular formula is C15H24FIN4O2. The molecule has 1 amide bonds. The lowest BCUT2D eigenvalue weighted by Gasteiger charge is -2.12. The molecule has 0 bridgehead atoms. The van der Waals surface area contributed by atoms with Crippen LogP contribution in [0.4, 0.5) is 4.39 Å². The molecule has 0 atom stereocenters. The largest absolute Gasteiger partial charge is 0.383 e. The monoisotopic (exact) mass is 438 g/mol. The van der Waals surface area contributed by atoms with Gasteiger partial charge < -0.3 is 20.7 Å². The van der Waals surface area contributed by atoms with E-state index in [1.807, 2.05) is 0 Å². The average Bonchev–Trinajstić information content (AvgIpc) is 2.52. The Kier molecular flexibility index (Phi) is 12.3. The highest BCUT2D eigenvalue weighted by molar-refractivity contribution is 14.0. The van der Waals surface area contributed by atoms with Crippen molar-refractivity contribution in [2.45, 2.75) is 6.42 Å². The van der Waals surface area contributed by atoms with Crippen molar-refractivity contribution in [3.05, 3.63) is 35.6 Å². The van der Waals surface area contributed by atoms with Gasteiger partial charge in [-0.3, -0.25) is 9.79 Å². The molecule has 1 aromatic rings. The van der Waals surface area contributed by atoms with E-state index in [1.165, 1.54) is 6.07 Å². The lowest BCUT2D eigenvalue weighted by Crippen LogP contribution is -2.44. The lowest BCUT2D eigenvalue weighted by atomic mass is 10.1. The number of nitrogens with one attached hydrogen (secondary N) is 3. The SMILES string of the molecule is CN=C(NCCc1ccccc1F)NCC(=O)NCCOC.I. The van der Waals surface area contributed by atoms with Crippen LogP contribution in [-0.4, -0.2) is 52.3 Å². The van der Waals surface area contributed by atoms with E-state index in [0.29, 0.717) is 37.6 Å². The predicted octanol–water partition coefficient (Wildman–Crippen LogP) is 0.914. The number of guanidine groups is 1. The van der Waals surface area contributed by atoms with Crippen LogP contribution < -0.4 is 16.0 Å². The fourth-order valence-electron chi connectivity index (χ4n) is 1.76. The summed E-state index contributed by atoms with van der Waals surface area (Å²) in [5.74, 6) is 0.136. The number of nitrogens with zero attached hydrogens (tertiary/aromatic N) is 1. The lowest BCUT2D eigenvalue weighted by molar-refractivity contribution is -0.120. The van der Waals surface area contributed by atoms with Crippen molar-refractivity contribution in [3.63, 3.8) is 0 Å². The summed E-state index contributed by atoms with van der Waals surface area (Å²) >= 11 is 0. The Labute approximate surface area is 153 Å². The molecule has 1 aromatic carbocycles. The molecule has 23 heavy (non-hydrogen) atoms. The number of carbonyl (C=O) groups is 1. The number of amides is 1. The third-order valence-electron chi connectivity index (χ3n) is 2.91. The summed E-state index contributed by atoms with van der Waals surface area (Å²) in [4.78, 5) is 15.5. The maximum absolute atomic E-state index is 13.5. The molecule has 0 aliphatic carbocycles. The number of rotatable bonds is 8. The van der Waals surface area contributed by atoms with Crippen LogP contribution in [0.3, 0.4) is 0 Å². The van der Waals surface area contributed by atoms with Gasteiger partial charge >= 0.3 is 0 Å². The molecule has 0 spiro atoms. The first-order valence-corrected chi connectivity index (χ1v) is 7.11. The number of hydrogen-bond donors (Lipinski definition) is 3. The third kappa shape index (κ3) is 9.34. The topological polar surface area (TPSA) is 74.8 Å². The zero-order chi connectivity index (χ0) is 16.2. The minimum absolute atomic E-state index is 0. The molecule has 0 aliphatic heterocycles. The molecule has 8 heteroatoms. The Morgan fingerprint density at radius 1 is 1.22 bits per heavy atom. The molecule has 1 rings (SSSR count). The number of ether oxygens (including phenoxy) is 1. The van der Waals surface area contributed by atoms with Crippen LogP contribution in [0.5, 0.6) is 0 Å². The highest BCUT2D eigenvalue weighted by Crippen LogP contribution is 2.05. The Morgan fingerprint density at radius 2 is 1.96 bits per heavy atom. The van der Waals surface area contributed by atoms with Gasteiger partial charge in [0, 0.05) is 27.2 Å². The van der Waals surface area contributed by atoms with Gasteiger partial charge in [0.25, 0.3) is 0 Å². The molecule has 6 nitrogen and oxygen atoms in total. The van der Waals surface area contributed by atoms with Gasteiger partial charge in [0.2, 0.25) is 5.91 Å². The van der Waals surface area contributed by atoms with Crippen molar-refractivity contribution in [3.8, 4) is 0 Å². The van der Waals surface area contributed by atoms with Crippen molar-refractivity contribution in [2.24, 2.45) is 4.99 Å². The highest BCUT2D eigenvalue weighted by Gasteiger charge is 2.04. The summed E-state index contributed by atoms with van der Waals surface area (Å²) in [6.45, 7) is 1.58. The molecule has 0 heterocycles. The maximum atomic E-state index is 13.5. The minimum Gasteiger partial charge on any atom is -0.383 e. The molecule has 130 valence electrons. The van der Waals surface area contributed by atoms with Crippen LogP contribution in [0.15, 0.2) is 29.3 Å². The van der Waals surface area contributed by atoms with E-state index >= 15 is 0 Å². The molecule has 0 aliphatic rings. The van der Waals surface area contributed by atoms with Gasteiger partial charge in [-0.15, -0.1) is 24.0 Å². The van der Waals surface area contributed by atoms with Gasteiger partial charge in [-0.25, -0.2) is 4.39 Å². The Bertz CT molecular complexity index is 500.